The SMILES string of the molecule is Cc1ccc(C(C)(C)C)cc1C=O. The van der Waals surface area contributed by atoms with E-state index in [0.717, 1.165) is 17.4 Å². The molecule has 0 aliphatic heterocycles. The van der Waals surface area contributed by atoms with E-state index in [1.54, 1.807) is 0 Å². The van der Waals surface area contributed by atoms with Crippen molar-refractivity contribution in [1.82, 2.24) is 0 Å². The molecule has 0 N–H and O–H groups in total. The molecule has 0 saturated heterocycles. The van der Waals surface area contributed by atoms with Crippen LogP contribution in [-0.2, 0) is 5.41 Å². The Hall–Kier alpha value is -1.11. The van der Waals surface area contributed by atoms with E-state index in [4.69, 9.17) is 0 Å². The van der Waals surface area contributed by atoms with Crippen molar-refractivity contribution in [2.45, 2.75) is 33.1 Å². The Kier molecular flexibility index (Phi) is 2.55. The molecule has 0 aromatic heterocycles. The van der Waals surface area contributed by atoms with Gasteiger partial charge in [0.1, 0.15) is 6.29 Å². The third kappa shape index (κ3) is 2.18. The Bertz CT molecular complexity index is 318. The van der Waals surface area contributed by atoms with Crippen LogP contribution in [0.25, 0.3) is 0 Å². The monoisotopic (exact) mass is 176 g/mol. The Morgan fingerprint density at radius 2 is 1.85 bits per heavy atom. The summed E-state index contributed by atoms with van der Waals surface area (Å²) >= 11 is 0. The molecule has 0 fully saturated rings. The number of hydrogen-bond acceptors (Lipinski definition) is 1. The number of carbonyl (C=O) groups is 1. The van der Waals surface area contributed by atoms with E-state index < -0.39 is 0 Å². The van der Waals surface area contributed by atoms with Gasteiger partial charge >= 0.3 is 0 Å². The van der Waals surface area contributed by atoms with Gasteiger partial charge in [0.2, 0.25) is 0 Å². The smallest absolute Gasteiger partial charge is 0.150 e. The molecule has 0 heterocycles. The van der Waals surface area contributed by atoms with Crippen LogP contribution in [0.5, 0.6) is 0 Å². The van der Waals surface area contributed by atoms with Crippen molar-refractivity contribution < 1.29 is 4.79 Å². The van der Waals surface area contributed by atoms with Gasteiger partial charge in [-0.2, -0.15) is 0 Å². The summed E-state index contributed by atoms with van der Waals surface area (Å²) in [7, 11) is 0. The van der Waals surface area contributed by atoms with Crippen LogP contribution >= 0.6 is 0 Å². The third-order valence-electron chi connectivity index (χ3n) is 2.27. The van der Waals surface area contributed by atoms with Crippen LogP contribution in [-0.4, -0.2) is 6.29 Å². The van der Waals surface area contributed by atoms with Gasteiger partial charge in [0, 0.05) is 5.56 Å². The topological polar surface area (TPSA) is 17.1 Å². The lowest BCUT2D eigenvalue weighted by Gasteiger charge is -2.19. The third-order valence-corrected chi connectivity index (χ3v) is 2.27. The fraction of sp³-hybridized carbons (Fsp3) is 0.417. The molecule has 0 radical (unpaired) electrons. The van der Waals surface area contributed by atoms with Gasteiger partial charge in [0.15, 0.2) is 0 Å². The summed E-state index contributed by atoms with van der Waals surface area (Å²) in [6, 6.07) is 6.06. The van der Waals surface area contributed by atoms with Crippen molar-refractivity contribution in [1.29, 1.82) is 0 Å². The minimum atomic E-state index is 0.117. The highest BCUT2D eigenvalue weighted by molar-refractivity contribution is 5.77. The second-order valence-electron chi connectivity index (χ2n) is 4.44. The van der Waals surface area contributed by atoms with Gasteiger partial charge in [0.25, 0.3) is 0 Å². The summed E-state index contributed by atoms with van der Waals surface area (Å²) in [6.45, 7) is 8.39. The summed E-state index contributed by atoms with van der Waals surface area (Å²) in [4.78, 5) is 10.7. The van der Waals surface area contributed by atoms with Crippen molar-refractivity contribution >= 4 is 6.29 Å². The average Bonchev–Trinajstić information content (AvgIpc) is 2.03. The van der Waals surface area contributed by atoms with E-state index in [0.29, 0.717) is 0 Å². The molecule has 0 bridgehead atoms. The lowest BCUT2D eigenvalue weighted by molar-refractivity contribution is 0.112. The number of aldehydes is 1. The average molecular weight is 176 g/mol. The van der Waals surface area contributed by atoms with Crippen molar-refractivity contribution in [3.05, 3.63) is 34.9 Å². The molecule has 1 heteroatoms. The van der Waals surface area contributed by atoms with Crippen LogP contribution in [0.2, 0.25) is 0 Å². The standard InChI is InChI=1S/C12H16O/c1-9-5-6-11(12(2,3)4)7-10(9)8-13/h5-8H,1-4H3. The summed E-state index contributed by atoms with van der Waals surface area (Å²) in [5.74, 6) is 0. The largest absolute Gasteiger partial charge is 0.298 e. The van der Waals surface area contributed by atoms with Gasteiger partial charge in [-0.3, -0.25) is 4.79 Å². The molecular formula is C12H16O. The van der Waals surface area contributed by atoms with Crippen molar-refractivity contribution in [3.63, 3.8) is 0 Å². The summed E-state index contributed by atoms with van der Waals surface area (Å²) in [5.41, 5.74) is 3.17. The first-order chi connectivity index (χ1) is 5.95. The van der Waals surface area contributed by atoms with E-state index in [1.807, 2.05) is 19.1 Å². The molecule has 0 saturated carbocycles. The molecule has 1 nitrogen and oxygen atoms in total. The maximum Gasteiger partial charge on any atom is 0.150 e. The van der Waals surface area contributed by atoms with E-state index in [-0.39, 0.29) is 5.41 Å². The minimum Gasteiger partial charge on any atom is -0.298 e. The Labute approximate surface area is 79.8 Å². The Morgan fingerprint density at radius 3 is 2.31 bits per heavy atom. The molecule has 1 aromatic rings. The second-order valence-corrected chi connectivity index (χ2v) is 4.44. The highest BCUT2D eigenvalue weighted by Crippen LogP contribution is 2.23. The first-order valence-electron chi connectivity index (χ1n) is 4.51. The maximum atomic E-state index is 10.7. The number of carbonyl (C=O) groups excluding carboxylic acids is 1. The molecule has 13 heavy (non-hydrogen) atoms. The van der Waals surface area contributed by atoms with Crippen molar-refractivity contribution in [3.8, 4) is 0 Å². The molecule has 0 amide bonds. The summed E-state index contributed by atoms with van der Waals surface area (Å²) < 4.78 is 0. The predicted molar refractivity (Wildman–Crippen MR) is 55.3 cm³/mol. The van der Waals surface area contributed by atoms with Gasteiger partial charge in [-0.25, -0.2) is 0 Å². The maximum absolute atomic E-state index is 10.7. The van der Waals surface area contributed by atoms with Crippen LogP contribution < -0.4 is 0 Å². The zero-order valence-electron chi connectivity index (χ0n) is 8.72. The quantitative estimate of drug-likeness (QED) is 0.601. The normalized spacial score (nSPS) is 11.4. The lowest BCUT2D eigenvalue weighted by Crippen LogP contribution is -2.11. The molecule has 0 atom stereocenters. The molecule has 70 valence electrons. The van der Waals surface area contributed by atoms with E-state index in [9.17, 15) is 4.79 Å². The fourth-order valence-electron chi connectivity index (χ4n) is 1.23. The molecule has 0 aliphatic carbocycles. The highest BCUT2D eigenvalue weighted by Gasteiger charge is 2.14. The van der Waals surface area contributed by atoms with E-state index >= 15 is 0 Å². The van der Waals surface area contributed by atoms with Gasteiger partial charge in [-0.15, -0.1) is 0 Å². The predicted octanol–water partition coefficient (Wildman–Crippen LogP) is 3.11. The van der Waals surface area contributed by atoms with Gasteiger partial charge in [0.05, 0.1) is 0 Å². The molecule has 1 rings (SSSR count). The van der Waals surface area contributed by atoms with Crippen LogP contribution in [0.1, 0.15) is 42.3 Å². The zero-order chi connectivity index (χ0) is 10.1. The number of aryl methyl sites for hydroxylation is 1. The Balaban J connectivity index is 3.21. The summed E-state index contributed by atoms with van der Waals surface area (Å²) in [5, 5.41) is 0. The van der Waals surface area contributed by atoms with E-state index in [1.165, 1.54) is 5.56 Å². The van der Waals surface area contributed by atoms with Crippen LogP contribution in [0, 0.1) is 6.92 Å². The second kappa shape index (κ2) is 3.33. The molecule has 0 spiro atoms. The number of rotatable bonds is 1. The number of hydrogen-bond donors (Lipinski definition) is 0. The van der Waals surface area contributed by atoms with Crippen molar-refractivity contribution in [2.24, 2.45) is 0 Å². The Morgan fingerprint density at radius 1 is 1.23 bits per heavy atom. The zero-order valence-corrected chi connectivity index (χ0v) is 8.72. The van der Waals surface area contributed by atoms with Crippen LogP contribution in [0.3, 0.4) is 0 Å². The van der Waals surface area contributed by atoms with E-state index in [2.05, 4.69) is 26.8 Å². The van der Waals surface area contributed by atoms with Crippen LogP contribution in [0.4, 0.5) is 0 Å². The first-order valence-corrected chi connectivity index (χ1v) is 4.51. The summed E-state index contributed by atoms with van der Waals surface area (Å²) in [6.07, 6.45) is 0.921. The fourth-order valence-corrected chi connectivity index (χ4v) is 1.23. The molecular weight excluding hydrogens is 160 g/mol. The highest BCUT2D eigenvalue weighted by atomic mass is 16.1. The number of benzene rings is 1. The van der Waals surface area contributed by atoms with Crippen molar-refractivity contribution in [2.75, 3.05) is 0 Å². The minimum absolute atomic E-state index is 0.117. The van der Waals surface area contributed by atoms with Gasteiger partial charge in [-0.1, -0.05) is 32.9 Å². The van der Waals surface area contributed by atoms with Gasteiger partial charge < -0.3 is 0 Å². The van der Waals surface area contributed by atoms with Gasteiger partial charge in [-0.05, 0) is 29.5 Å². The lowest BCUT2D eigenvalue weighted by atomic mass is 9.85. The molecule has 0 unspecified atom stereocenters. The molecule has 1 aromatic carbocycles. The first kappa shape index (κ1) is 9.97. The molecule has 0 aliphatic rings. The van der Waals surface area contributed by atoms with Crippen LogP contribution in [0.15, 0.2) is 18.2 Å².